The van der Waals surface area contributed by atoms with Crippen molar-refractivity contribution in [2.24, 2.45) is 0 Å². The van der Waals surface area contributed by atoms with E-state index in [9.17, 15) is 22.8 Å². The molecule has 0 aliphatic rings. The molecule has 0 fully saturated rings. The molecule has 0 saturated heterocycles. The van der Waals surface area contributed by atoms with Gasteiger partial charge in [0.05, 0.1) is 17.7 Å². The van der Waals surface area contributed by atoms with Crippen molar-refractivity contribution in [3.05, 3.63) is 65.2 Å². The lowest BCUT2D eigenvalue weighted by Crippen LogP contribution is -2.17. The Morgan fingerprint density at radius 3 is 1.85 bits per heavy atom. The average molecular weight is 382 g/mol. The molecule has 8 heteroatoms. The number of benzene rings is 2. The van der Waals surface area contributed by atoms with Gasteiger partial charge in [-0.3, -0.25) is 0 Å². The van der Waals surface area contributed by atoms with E-state index in [0.29, 0.717) is 24.2 Å². The van der Waals surface area contributed by atoms with E-state index in [-0.39, 0.29) is 17.9 Å². The fraction of sp³-hybridized carbons (Fsp3) is 0.263. The summed E-state index contributed by atoms with van der Waals surface area (Å²) in [6, 6.07) is 10.8. The van der Waals surface area contributed by atoms with Gasteiger partial charge in [0.25, 0.3) is 0 Å². The average Bonchev–Trinajstić information content (AvgIpc) is 2.64. The predicted molar refractivity (Wildman–Crippen MR) is 89.3 cm³/mol. The molecule has 0 spiro atoms. The Bertz CT molecular complexity index is 767. The Labute approximate surface area is 153 Å². The van der Waals surface area contributed by atoms with Gasteiger partial charge < -0.3 is 14.2 Å². The van der Waals surface area contributed by atoms with Gasteiger partial charge in [0.2, 0.25) is 0 Å². The second-order valence-corrected chi connectivity index (χ2v) is 5.48. The SMILES string of the molecule is CCCOC(=O)c1ccc(C(=O)OCc2ccc(OC(F)(F)F)cc2)cc1. The molecule has 27 heavy (non-hydrogen) atoms. The van der Waals surface area contributed by atoms with Crippen LogP contribution in [0.4, 0.5) is 13.2 Å². The summed E-state index contributed by atoms with van der Waals surface area (Å²) in [5.41, 5.74) is 1.05. The smallest absolute Gasteiger partial charge is 0.462 e. The van der Waals surface area contributed by atoms with E-state index in [4.69, 9.17) is 9.47 Å². The van der Waals surface area contributed by atoms with E-state index in [1.807, 2.05) is 6.92 Å². The third kappa shape index (κ3) is 6.65. The van der Waals surface area contributed by atoms with Crippen molar-refractivity contribution in [1.82, 2.24) is 0 Å². The maximum absolute atomic E-state index is 12.1. The van der Waals surface area contributed by atoms with Crippen LogP contribution >= 0.6 is 0 Å². The molecule has 2 aromatic rings. The second-order valence-electron chi connectivity index (χ2n) is 5.48. The van der Waals surface area contributed by atoms with Gasteiger partial charge in [-0.25, -0.2) is 9.59 Å². The predicted octanol–water partition coefficient (Wildman–Crippen LogP) is 4.51. The van der Waals surface area contributed by atoms with E-state index < -0.39 is 18.3 Å². The number of esters is 2. The highest BCUT2D eigenvalue weighted by Crippen LogP contribution is 2.23. The number of hydrogen-bond donors (Lipinski definition) is 0. The molecule has 0 atom stereocenters. The van der Waals surface area contributed by atoms with Gasteiger partial charge in [-0.15, -0.1) is 13.2 Å². The van der Waals surface area contributed by atoms with Gasteiger partial charge in [-0.2, -0.15) is 0 Å². The molecule has 0 aliphatic carbocycles. The third-order valence-electron chi connectivity index (χ3n) is 3.32. The maximum atomic E-state index is 12.1. The molecule has 2 aromatic carbocycles. The summed E-state index contributed by atoms with van der Waals surface area (Å²) in [6.45, 7) is 2.07. The van der Waals surface area contributed by atoms with Crippen LogP contribution in [0.5, 0.6) is 5.75 Å². The van der Waals surface area contributed by atoms with Crippen molar-refractivity contribution >= 4 is 11.9 Å². The first-order chi connectivity index (χ1) is 12.8. The molecule has 0 N–H and O–H groups in total. The summed E-state index contributed by atoms with van der Waals surface area (Å²) in [5.74, 6) is -1.46. The third-order valence-corrected chi connectivity index (χ3v) is 3.32. The molecule has 5 nitrogen and oxygen atoms in total. The van der Waals surface area contributed by atoms with Crippen LogP contribution in [0.15, 0.2) is 48.5 Å². The number of rotatable bonds is 7. The van der Waals surface area contributed by atoms with Gasteiger partial charge >= 0.3 is 18.3 Å². The topological polar surface area (TPSA) is 61.8 Å². The van der Waals surface area contributed by atoms with Crippen LogP contribution in [-0.4, -0.2) is 24.9 Å². The first-order valence-electron chi connectivity index (χ1n) is 8.07. The van der Waals surface area contributed by atoms with Crippen molar-refractivity contribution in [2.45, 2.75) is 26.3 Å². The Kier molecular flexibility index (Phi) is 6.81. The van der Waals surface area contributed by atoms with E-state index in [0.717, 1.165) is 12.1 Å². The van der Waals surface area contributed by atoms with E-state index in [1.54, 1.807) is 0 Å². The molecule has 0 aromatic heterocycles. The van der Waals surface area contributed by atoms with Gasteiger partial charge in [-0.1, -0.05) is 19.1 Å². The van der Waals surface area contributed by atoms with Gasteiger partial charge in [-0.05, 0) is 48.4 Å². The molecule has 0 amide bonds. The zero-order valence-electron chi connectivity index (χ0n) is 14.4. The molecular formula is C19H17F3O5. The molecule has 0 saturated carbocycles. The lowest BCUT2D eigenvalue weighted by molar-refractivity contribution is -0.274. The molecule has 0 heterocycles. The standard InChI is InChI=1S/C19H17F3O5/c1-2-11-25-17(23)14-5-7-15(8-6-14)18(24)26-12-13-3-9-16(10-4-13)27-19(20,21)22/h3-10H,2,11-12H2,1H3. The Hall–Kier alpha value is -3.03. The highest BCUT2D eigenvalue weighted by atomic mass is 19.4. The van der Waals surface area contributed by atoms with Crippen LogP contribution in [0.3, 0.4) is 0 Å². The summed E-state index contributed by atoms with van der Waals surface area (Å²) >= 11 is 0. The van der Waals surface area contributed by atoms with Crippen LogP contribution < -0.4 is 4.74 Å². The van der Waals surface area contributed by atoms with Gasteiger partial charge in [0.1, 0.15) is 12.4 Å². The molecule has 0 radical (unpaired) electrons. The first kappa shape index (κ1) is 20.3. The highest BCUT2D eigenvalue weighted by Gasteiger charge is 2.30. The quantitative estimate of drug-likeness (QED) is 0.660. The molecule has 2 rings (SSSR count). The minimum absolute atomic E-state index is 0.120. The Morgan fingerprint density at radius 2 is 1.37 bits per heavy atom. The number of halogens is 3. The number of alkyl halides is 3. The second kappa shape index (κ2) is 9.07. The molecule has 144 valence electrons. The summed E-state index contributed by atoms with van der Waals surface area (Å²) in [6.07, 6.45) is -4.05. The van der Waals surface area contributed by atoms with Crippen LogP contribution in [-0.2, 0) is 16.1 Å². The number of carbonyl (C=O) groups is 2. The van der Waals surface area contributed by atoms with Crippen LogP contribution in [0, 0.1) is 0 Å². The van der Waals surface area contributed by atoms with Crippen molar-refractivity contribution in [1.29, 1.82) is 0 Å². The van der Waals surface area contributed by atoms with Crippen LogP contribution in [0.25, 0.3) is 0 Å². The fourth-order valence-corrected chi connectivity index (χ4v) is 2.04. The normalized spacial score (nSPS) is 11.0. The Balaban J connectivity index is 1.89. The zero-order chi connectivity index (χ0) is 19.9. The summed E-state index contributed by atoms with van der Waals surface area (Å²) in [4.78, 5) is 23.7. The Morgan fingerprint density at radius 1 is 0.852 bits per heavy atom. The zero-order valence-corrected chi connectivity index (χ0v) is 14.4. The monoisotopic (exact) mass is 382 g/mol. The highest BCUT2D eigenvalue weighted by molar-refractivity contribution is 5.93. The largest absolute Gasteiger partial charge is 0.573 e. The van der Waals surface area contributed by atoms with Crippen LogP contribution in [0.1, 0.15) is 39.6 Å². The maximum Gasteiger partial charge on any atom is 0.573 e. The van der Waals surface area contributed by atoms with Crippen molar-refractivity contribution < 1.29 is 37.0 Å². The lowest BCUT2D eigenvalue weighted by Gasteiger charge is -2.09. The van der Waals surface area contributed by atoms with Crippen molar-refractivity contribution in [3.8, 4) is 5.75 Å². The summed E-state index contributed by atoms with van der Waals surface area (Å²) in [5, 5.41) is 0. The lowest BCUT2D eigenvalue weighted by atomic mass is 10.1. The van der Waals surface area contributed by atoms with E-state index in [1.165, 1.54) is 36.4 Å². The van der Waals surface area contributed by atoms with Crippen molar-refractivity contribution in [2.75, 3.05) is 6.61 Å². The first-order valence-corrected chi connectivity index (χ1v) is 8.07. The van der Waals surface area contributed by atoms with Gasteiger partial charge in [0.15, 0.2) is 0 Å². The summed E-state index contributed by atoms with van der Waals surface area (Å²) < 4.78 is 50.2. The van der Waals surface area contributed by atoms with Crippen molar-refractivity contribution in [3.63, 3.8) is 0 Å². The minimum Gasteiger partial charge on any atom is -0.462 e. The molecule has 0 aliphatic heterocycles. The fourth-order valence-electron chi connectivity index (χ4n) is 2.04. The van der Waals surface area contributed by atoms with Gasteiger partial charge in [0, 0.05) is 0 Å². The molecule has 0 bridgehead atoms. The summed E-state index contributed by atoms with van der Waals surface area (Å²) in [7, 11) is 0. The number of carbonyl (C=O) groups excluding carboxylic acids is 2. The number of ether oxygens (including phenoxy) is 3. The minimum atomic E-state index is -4.76. The van der Waals surface area contributed by atoms with Crippen LogP contribution in [0.2, 0.25) is 0 Å². The molecule has 0 unspecified atom stereocenters. The van der Waals surface area contributed by atoms with E-state index >= 15 is 0 Å². The molecular weight excluding hydrogens is 365 g/mol. The number of hydrogen-bond acceptors (Lipinski definition) is 5. The van der Waals surface area contributed by atoms with E-state index in [2.05, 4.69) is 4.74 Å².